The molecule has 0 saturated carbocycles. The minimum Gasteiger partial charge on any atom is -0.493 e. The van der Waals surface area contributed by atoms with E-state index >= 15 is 0 Å². The fourth-order valence-corrected chi connectivity index (χ4v) is 2.07. The molecule has 0 spiro atoms. The van der Waals surface area contributed by atoms with E-state index in [0.29, 0.717) is 24.5 Å². The lowest BCUT2D eigenvalue weighted by Gasteiger charge is -2.22. The van der Waals surface area contributed by atoms with Crippen LogP contribution in [0.15, 0.2) is 24.3 Å². The molecule has 0 amide bonds. The van der Waals surface area contributed by atoms with Crippen LogP contribution in [0.1, 0.15) is 36.5 Å². The summed E-state index contributed by atoms with van der Waals surface area (Å²) in [5.41, 5.74) is 0.640. The van der Waals surface area contributed by atoms with Crippen LogP contribution in [-0.2, 0) is 4.74 Å². The number of ketones is 1. The van der Waals surface area contributed by atoms with E-state index in [-0.39, 0.29) is 11.9 Å². The molecule has 0 aromatic heterocycles. The van der Waals surface area contributed by atoms with Gasteiger partial charge in [0, 0.05) is 6.61 Å². The van der Waals surface area contributed by atoms with Crippen molar-refractivity contribution in [2.75, 3.05) is 13.2 Å². The molecule has 3 heteroatoms. The molecule has 1 saturated heterocycles. The van der Waals surface area contributed by atoms with Crippen LogP contribution in [0.2, 0.25) is 0 Å². The molecule has 1 atom stereocenters. The van der Waals surface area contributed by atoms with Gasteiger partial charge in [-0.1, -0.05) is 12.1 Å². The van der Waals surface area contributed by atoms with Crippen molar-refractivity contribution in [1.29, 1.82) is 0 Å². The fraction of sp³-hybridized carbons (Fsp3) is 0.500. The average molecular weight is 234 g/mol. The van der Waals surface area contributed by atoms with Crippen molar-refractivity contribution in [2.24, 2.45) is 0 Å². The van der Waals surface area contributed by atoms with Gasteiger partial charge in [0.2, 0.25) is 0 Å². The molecule has 1 fully saturated rings. The van der Waals surface area contributed by atoms with Crippen LogP contribution >= 0.6 is 0 Å². The molecule has 0 bridgehead atoms. The third-order valence-electron chi connectivity index (χ3n) is 2.92. The smallest absolute Gasteiger partial charge is 0.195 e. The molecule has 3 nitrogen and oxygen atoms in total. The minimum absolute atomic E-state index is 0.0498. The van der Waals surface area contributed by atoms with Crippen molar-refractivity contribution in [2.45, 2.75) is 32.3 Å². The molecule has 1 heterocycles. The third-order valence-corrected chi connectivity index (χ3v) is 2.92. The summed E-state index contributed by atoms with van der Waals surface area (Å²) in [6, 6.07) is 7.38. The Kier molecular flexibility index (Phi) is 4.15. The van der Waals surface area contributed by atoms with Gasteiger partial charge < -0.3 is 9.47 Å². The van der Waals surface area contributed by atoms with Crippen molar-refractivity contribution in [3.8, 4) is 5.75 Å². The topological polar surface area (TPSA) is 35.5 Å². The summed E-state index contributed by atoms with van der Waals surface area (Å²) in [5, 5.41) is 0. The zero-order valence-electron chi connectivity index (χ0n) is 10.1. The summed E-state index contributed by atoms with van der Waals surface area (Å²) in [4.78, 5) is 12.3. The van der Waals surface area contributed by atoms with Crippen LogP contribution < -0.4 is 4.74 Å². The summed E-state index contributed by atoms with van der Waals surface area (Å²) < 4.78 is 11.0. The Morgan fingerprint density at radius 3 is 2.94 bits per heavy atom. The van der Waals surface area contributed by atoms with E-state index in [2.05, 4.69) is 0 Å². The largest absolute Gasteiger partial charge is 0.493 e. The van der Waals surface area contributed by atoms with Gasteiger partial charge in [0.1, 0.15) is 11.9 Å². The summed E-state index contributed by atoms with van der Waals surface area (Å²) >= 11 is 0. The number of benzene rings is 1. The van der Waals surface area contributed by atoms with E-state index in [1.165, 1.54) is 0 Å². The lowest BCUT2D eigenvalue weighted by molar-refractivity contribution is 0.0184. The van der Waals surface area contributed by atoms with E-state index in [1.54, 1.807) is 0 Å². The number of hydrogen-bond acceptors (Lipinski definition) is 3. The maximum absolute atomic E-state index is 12.3. The molecule has 17 heavy (non-hydrogen) atoms. The summed E-state index contributed by atoms with van der Waals surface area (Å²) in [6.45, 7) is 3.17. The molecule has 0 aliphatic carbocycles. The van der Waals surface area contributed by atoms with Crippen LogP contribution in [0, 0.1) is 0 Å². The molecule has 0 radical (unpaired) electrons. The maximum Gasteiger partial charge on any atom is 0.195 e. The second-order valence-electron chi connectivity index (χ2n) is 4.15. The van der Waals surface area contributed by atoms with Crippen LogP contribution in [0.3, 0.4) is 0 Å². The number of Topliss-reactive ketones (excluding diaryl/α,β-unsaturated/α-hetero) is 1. The SMILES string of the molecule is CCOc1ccccc1C(=O)C1CCCCO1. The Morgan fingerprint density at radius 1 is 1.41 bits per heavy atom. The molecule has 0 N–H and O–H groups in total. The highest BCUT2D eigenvalue weighted by molar-refractivity contribution is 6.01. The van der Waals surface area contributed by atoms with Crippen molar-refractivity contribution in [3.05, 3.63) is 29.8 Å². The molecule has 1 aliphatic rings. The second kappa shape index (κ2) is 5.82. The van der Waals surface area contributed by atoms with Gasteiger partial charge >= 0.3 is 0 Å². The van der Waals surface area contributed by atoms with Gasteiger partial charge in [-0.15, -0.1) is 0 Å². The first-order valence-corrected chi connectivity index (χ1v) is 6.20. The molecule has 1 aliphatic heterocycles. The summed E-state index contributed by atoms with van der Waals surface area (Å²) in [6.07, 6.45) is 2.65. The number of hydrogen-bond donors (Lipinski definition) is 0. The van der Waals surface area contributed by atoms with Gasteiger partial charge in [-0.3, -0.25) is 4.79 Å². The van der Waals surface area contributed by atoms with Crippen LogP contribution in [-0.4, -0.2) is 25.1 Å². The maximum atomic E-state index is 12.3. The van der Waals surface area contributed by atoms with Gasteiger partial charge in [-0.25, -0.2) is 0 Å². The Bertz CT molecular complexity index is 381. The predicted molar refractivity (Wildman–Crippen MR) is 65.5 cm³/mol. The van der Waals surface area contributed by atoms with E-state index in [1.807, 2.05) is 31.2 Å². The molecule has 1 aromatic rings. The molecule has 1 aromatic carbocycles. The average Bonchev–Trinajstić information content (AvgIpc) is 2.40. The van der Waals surface area contributed by atoms with E-state index in [4.69, 9.17) is 9.47 Å². The molecule has 1 unspecified atom stereocenters. The summed E-state index contributed by atoms with van der Waals surface area (Å²) in [5.74, 6) is 0.711. The van der Waals surface area contributed by atoms with E-state index in [9.17, 15) is 4.79 Å². The second-order valence-corrected chi connectivity index (χ2v) is 4.15. The predicted octanol–water partition coefficient (Wildman–Crippen LogP) is 2.84. The minimum atomic E-state index is -0.287. The lowest BCUT2D eigenvalue weighted by Crippen LogP contribution is -2.28. The van der Waals surface area contributed by atoms with Gasteiger partial charge in [-0.2, -0.15) is 0 Å². The zero-order valence-corrected chi connectivity index (χ0v) is 10.1. The number of rotatable bonds is 4. The number of ether oxygens (including phenoxy) is 2. The third kappa shape index (κ3) is 2.86. The summed E-state index contributed by atoms with van der Waals surface area (Å²) in [7, 11) is 0. The van der Waals surface area contributed by atoms with Crippen molar-refractivity contribution < 1.29 is 14.3 Å². The number of para-hydroxylation sites is 1. The fourth-order valence-electron chi connectivity index (χ4n) is 2.07. The molecular formula is C14H18O3. The quantitative estimate of drug-likeness (QED) is 0.751. The highest BCUT2D eigenvalue weighted by Crippen LogP contribution is 2.24. The van der Waals surface area contributed by atoms with Gasteiger partial charge in [0.05, 0.1) is 12.2 Å². The zero-order chi connectivity index (χ0) is 12.1. The molecule has 2 rings (SSSR count). The molecule has 92 valence electrons. The van der Waals surface area contributed by atoms with Crippen LogP contribution in [0.4, 0.5) is 0 Å². The highest BCUT2D eigenvalue weighted by atomic mass is 16.5. The lowest BCUT2D eigenvalue weighted by atomic mass is 9.99. The normalized spacial score (nSPS) is 19.9. The standard InChI is InChI=1S/C14H18O3/c1-2-16-12-8-4-3-7-11(12)14(15)13-9-5-6-10-17-13/h3-4,7-8,13H,2,5-6,9-10H2,1H3. The monoisotopic (exact) mass is 234 g/mol. The Labute approximate surface area is 102 Å². The van der Waals surface area contributed by atoms with E-state index < -0.39 is 0 Å². The van der Waals surface area contributed by atoms with Crippen molar-refractivity contribution in [3.63, 3.8) is 0 Å². The van der Waals surface area contributed by atoms with Crippen LogP contribution in [0.25, 0.3) is 0 Å². The van der Waals surface area contributed by atoms with Crippen molar-refractivity contribution in [1.82, 2.24) is 0 Å². The van der Waals surface area contributed by atoms with Crippen LogP contribution in [0.5, 0.6) is 5.75 Å². The number of carbonyl (C=O) groups excluding carboxylic acids is 1. The first-order chi connectivity index (χ1) is 8.33. The highest BCUT2D eigenvalue weighted by Gasteiger charge is 2.25. The Morgan fingerprint density at radius 2 is 2.24 bits per heavy atom. The first kappa shape index (κ1) is 12.1. The van der Waals surface area contributed by atoms with Gasteiger partial charge in [0.25, 0.3) is 0 Å². The number of carbonyl (C=O) groups is 1. The molecular weight excluding hydrogens is 216 g/mol. The first-order valence-electron chi connectivity index (χ1n) is 6.20. The Hall–Kier alpha value is -1.35. The van der Waals surface area contributed by atoms with Gasteiger partial charge in [-0.05, 0) is 38.3 Å². The van der Waals surface area contributed by atoms with E-state index in [0.717, 1.165) is 19.3 Å². The Balaban J connectivity index is 2.17. The van der Waals surface area contributed by atoms with Crippen molar-refractivity contribution >= 4 is 5.78 Å². The van der Waals surface area contributed by atoms with Gasteiger partial charge in [0.15, 0.2) is 5.78 Å².